The Morgan fingerprint density at radius 3 is 2.57 bits per heavy atom. The summed E-state index contributed by atoms with van der Waals surface area (Å²) >= 11 is 0. The van der Waals surface area contributed by atoms with E-state index in [0.29, 0.717) is 0 Å². The number of carbonyl (C=O) groups excluding carboxylic acids is 1. The molecule has 1 fully saturated rings. The zero-order valence-electron chi connectivity index (χ0n) is 4.13. The Bertz CT molecular complexity index is 82.1. The summed E-state index contributed by atoms with van der Waals surface area (Å²) in [6.07, 6.45) is 1.92. The lowest BCUT2D eigenvalue weighted by atomic mass is 10.1. The molecule has 1 rings (SSSR count). The second-order valence-corrected chi connectivity index (χ2v) is 1.79. The molecule has 1 radical (unpaired) electrons. The molecule has 0 aliphatic carbocycles. The van der Waals surface area contributed by atoms with Crippen molar-refractivity contribution in [3.8, 4) is 0 Å². The highest BCUT2D eigenvalue weighted by Gasteiger charge is 2.20. The second-order valence-electron chi connectivity index (χ2n) is 1.79. The molecule has 0 aromatic carbocycles. The van der Waals surface area contributed by atoms with Gasteiger partial charge < -0.3 is 4.90 Å². The van der Waals surface area contributed by atoms with Crippen LogP contribution in [0.2, 0.25) is 0 Å². The van der Waals surface area contributed by atoms with Crippen LogP contribution in [-0.2, 0) is 4.79 Å². The van der Waals surface area contributed by atoms with Gasteiger partial charge in [-0.05, 0) is 13.3 Å². The lowest BCUT2D eigenvalue weighted by Crippen LogP contribution is -2.44. The number of rotatable bonds is 1. The van der Waals surface area contributed by atoms with Crippen molar-refractivity contribution in [3.05, 3.63) is 6.92 Å². The summed E-state index contributed by atoms with van der Waals surface area (Å²) in [6, 6.07) is 0.262. The maximum atomic E-state index is 9.88. The number of hydrogen-bond acceptors (Lipinski definition) is 1. The fraction of sp³-hybridized carbons (Fsp3) is 0.600. The van der Waals surface area contributed by atoms with Crippen LogP contribution in [0, 0.1) is 6.92 Å². The van der Waals surface area contributed by atoms with Gasteiger partial charge in [-0.1, -0.05) is 0 Å². The van der Waals surface area contributed by atoms with Gasteiger partial charge in [-0.25, -0.2) is 0 Å². The highest BCUT2D eigenvalue weighted by Crippen LogP contribution is 2.11. The lowest BCUT2D eigenvalue weighted by molar-refractivity contribution is -0.123. The van der Waals surface area contributed by atoms with E-state index in [2.05, 4.69) is 6.92 Å². The molecule has 0 bridgehead atoms. The maximum absolute atomic E-state index is 9.88. The van der Waals surface area contributed by atoms with Crippen LogP contribution in [0.25, 0.3) is 0 Å². The lowest BCUT2D eigenvalue weighted by Gasteiger charge is -2.34. The summed E-state index contributed by atoms with van der Waals surface area (Å²) in [6.45, 7) is 4.59. The molecule has 39 valence electrons. The Morgan fingerprint density at radius 2 is 2.57 bits per heavy atom. The standard InChI is InChI=1S/C5H8NO/c1-5-2-3-6(5)4-7/h4-5H,1-3H2. The molecule has 1 aliphatic heterocycles. The van der Waals surface area contributed by atoms with Crippen molar-refractivity contribution >= 4 is 6.41 Å². The van der Waals surface area contributed by atoms with E-state index < -0.39 is 0 Å². The first-order chi connectivity index (χ1) is 3.34. The first kappa shape index (κ1) is 4.62. The van der Waals surface area contributed by atoms with Crippen LogP contribution in [0.15, 0.2) is 0 Å². The molecule has 1 aliphatic rings. The number of hydrogen-bond donors (Lipinski definition) is 0. The number of amides is 1. The number of nitrogens with zero attached hydrogens (tertiary/aromatic N) is 1. The molecule has 1 unspecified atom stereocenters. The van der Waals surface area contributed by atoms with E-state index in [0.717, 1.165) is 19.4 Å². The third kappa shape index (κ3) is 0.601. The van der Waals surface area contributed by atoms with Crippen LogP contribution in [0.5, 0.6) is 0 Å². The Morgan fingerprint density at radius 1 is 1.86 bits per heavy atom. The fourth-order valence-corrected chi connectivity index (χ4v) is 0.600. The predicted octanol–water partition coefficient (Wildman–Crippen LogP) is 0.0512. The minimum absolute atomic E-state index is 0.262. The molecule has 1 heterocycles. The first-order valence-corrected chi connectivity index (χ1v) is 2.38. The van der Waals surface area contributed by atoms with E-state index in [1.165, 1.54) is 0 Å². The van der Waals surface area contributed by atoms with Crippen molar-refractivity contribution in [1.29, 1.82) is 0 Å². The van der Waals surface area contributed by atoms with Crippen LogP contribution in [-0.4, -0.2) is 23.9 Å². The molecule has 2 heteroatoms. The zero-order valence-corrected chi connectivity index (χ0v) is 4.13. The van der Waals surface area contributed by atoms with Gasteiger partial charge in [-0.2, -0.15) is 0 Å². The monoisotopic (exact) mass is 98.1 g/mol. The summed E-state index contributed by atoms with van der Waals surface area (Å²) in [4.78, 5) is 11.6. The largest absolute Gasteiger partial charge is 0.342 e. The molecule has 0 aromatic heterocycles. The summed E-state index contributed by atoms with van der Waals surface area (Å²) in [5, 5.41) is 0. The predicted molar refractivity (Wildman–Crippen MR) is 26.5 cm³/mol. The highest BCUT2D eigenvalue weighted by atomic mass is 16.1. The summed E-state index contributed by atoms with van der Waals surface area (Å²) in [5.41, 5.74) is 0. The number of carbonyl (C=O) groups is 1. The van der Waals surface area contributed by atoms with Crippen molar-refractivity contribution in [2.75, 3.05) is 6.54 Å². The third-order valence-electron chi connectivity index (χ3n) is 1.32. The van der Waals surface area contributed by atoms with Crippen molar-refractivity contribution in [2.45, 2.75) is 12.5 Å². The molecule has 0 aromatic rings. The SMILES string of the molecule is [CH2]C1CCN1C=O. The van der Waals surface area contributed by atoms with Crippen molar-refractivity contribution in [2.24, 2.45) is 0 Å². The van der Waals surface area contributed by atoms with Gasteiger partial charge in [-0.3, -0.25) is 4.79 Å². The first-order valence-electron chi connectivity index (χ1n) is 2.38. The Kier molecular flexibility index (Phi) is 1.01. The minimum Gasteiger partial charge on any atom is -0.342 e. The second kappa shape index (κ2) is 1.52. The smallest absolute Gasteiger partial charge is 0.209 e. The Labute approximate surface area is 43.1 Å². The summed E-state index contributed by atoms with van der Waals surface area (Å²) < 4.78 is 0. The van der Waals surface area contributed by atoms with Gasteiger partial charge in [0.2, 0.25) is 6.41 Å². The molecule has 1 atom stereocenters. The van der Waals surface area contributed by atoms with Gasteiger partial charge in [0.25, 0.3) is 0 Å². The van der Waals surface area contributed by atoms with Crippen LogP contribution in [0.4, 0.5) is 0 Å². The van der Waals surface area contributed by atoms with Crippen LogP contribution >= 0.6 is 0 Å². The Balaban J connectivity index is 2.28. The van der Waals surface area contributed by atoms with Crippen LogP contribution in [0.3, 0.4) is 0 Å². The molecule has 7 heavy (non-hydrogen) atoms. The van der Waals surface area contributed by atoms with Gasteiger partial charge in [0.15, 0.2) is 0 Å². The van der Waals surface area contributed by atoms with Crippen molar-refractivity contribution in [3.63, 3.8) is 0 Å². The van der Waals surface area contributed by atoms with E-state index in [-0.39, 0.29) is 6.04 Å². The molecule has 0 N–H and O–H groups in total. The van der Waals surface area contributed by atoms with Gasteiger partial charge in [0.1, 0.15) is 0 Å². The third-order valence-corrected chi connectivity index (χ3v) is 1.32. The summed E-state index contributed by atoms with van der Waals surface area (Å²) in [5.74, 6) is 0. The van der Waals surface area contributed by atoms with E-state index >= 15 is 0 Å². The molecule has 2 nitrogen and oxygen atoms in total. The molecular weight excluding hydrogens is 90.1 g/mol. The highest BCUT2D eigenvalue weighted by molar-refractivity contribution is 5.49. The van der Waals surface area contributed by atoms with Crippen LogP contribution < -0.4 is 0 Å². The molecular formula is C5H8NO. The van der Waals surface area contributed by atoms with E-state index in [1.807, 2.05) is 0 Å². The number of likely N-dealkylation sites (tertiary alicyclic amines) is 1. The van der Waals surface area contributed by atoms with Gasteiger partial charge >= 0.3 is 0 Å². The molecule has 0 spiro atoms. The van der Waals surface area contributed by atoms with Crippen molar-refractivity contribution in [1.82, 2.24) is 4.90 Å². The van der Waals surface area contributed by atoms with E-state index in [4.69, 9.17) is 0 Å². The van der Waals surface area contributed by atoms with Crippen LogP contribution in [0.1, 0.15) is 6.42 Å². The average Bonchev–Trinajstić information content (AvgIpc) is 1.65. The minimum atomic E-state index is 0.262. The van der Waals surface area contributed by atoms with Gasteiger partial charge in [0, 0.05) is 12.6 Å². The molecule has 1 saturated heterocycles. The average molecular weight is 98.1 g/mol. The molecule has 1 amide bonds. The zero-order chi connectivity index (χ0) is 5.28. The molecule has 0 saturated carbocycles. The Hall–Kier alpha value is -0.530. The quantitative estimate of drug-likeness (QED) is 0.424. The van der Waals surface area contributed by atoms with Crippen molar-refractivity contribution < 1.29 is 4.79 Å². The fourth-order valence-electron chi connectivity index (χ4n) is 0.600. The van der Waals surface area contributed by atoms with Gasteiger partial charge in [-0.15, -0.1) is 0 Å². The van der Waals surface area contributed by atoms with Gasteiger partial charge in [0.05, 0.1) is 0 Å². The van der Waals surface area contributed by atoms with E-state index in [9.17, 15) is 4.79 Å². The summed E-state index contributed by atoms with van der Waals surface area (Å²) in [7, 11) is 0. The topological polar surface area (TPSA) is 20.3 Å². The normalized spacial score (nSPS) is 29.3. The van der Waals surface area contributed by atoms with E-state index in [1.54, 1.807) is 4.90 Å². The maximum Gasteiger partial charge on any atom is 0.209 e.